The summed E-state index contributed by atoms with van der Waals surface area (Å²) in [6, 6.07) is 6.78. The van der Waals surface area contributed by atoms with Gasteiger partial charge in [0, 0.05) is 36.3 Å². The predicted molar refractivity (Wildman–Crippen MR) is 179 cm³/mol. The van der Waals surface area contributed by atoms with Crippen LogP contribution in [0.3, 0.4) is 0 Å². The number of ether oxygens (including phenoxy) is 2. The van der Waals surface area contributed by atoms with Crippen LogP contribution >= 0.6 is 11.6 Å². The van der Waals surface area contributed by atoms with Crippen molar-refractivity contribution in [2.75, 3.05) is 29.9 Å². The molecule has 2 N–H and O–H groups in total. The zero-order valence-corrected chi connectivity index (χ0v) is 28.3. The highest BCUT2D eigenvalue weighted by molar-refractivity contribution is 6.30. The van der Waals surface area contributed by atoms with E-state index < -0.39 is 23.9 Å². The van der Waals surface area contributed by atoms with E-state index in [4.69, 9.17) is 31.5 Å². The first kappa shape index (κ1) is 34.5. The number of alkyl halides is 1. The summed E-state index contributed by atoms with van der Waals surface area (Å²) in [4.78, 5) is 41.5. The van der Waals surface area contributed by atoms with Crippen molar-refractivity contribution < 1.29 is 23.5 Å². The van der Waals surface area contributed by atoms with Crippen LogP contribution in [0.25, 0.3) is 11.1 Å². The van der Waals surface area contributed by atoms with Crippen molar-refractivity contribution in [3.05, 3.63) is 58.3 Å². The van der Waals surface area contributed by atoms with Crippen molar-refractivity contribution in [2.45, 2.75) is 71.8 Å². The monoisotopic (exact) mass is 676 g/mol. The molecule has 2 amide bonds. The molecule has 0 radical (unpaired) electrons. The highest BCUT2D eigenvalue weighted by Crippen LogP contribution is 2.40. The van der Waals surface area contributed by atoms with E-state index in [-0.39, 0.29) is 50.3 Å². The lowest BCUT2D eigenvalue weighted by Crippen LogP contribution is -2.51. The number of hydrogen-bond acceptors (Lipinski definition) is 10. The fourth-order valence-corrected chi connectivity index (χ4v) is 5.78. The third kappa shape index (κ3) is 7.65. The molecule has 4 heterocycles. The van der Waals surface area contributed by atoms with Crippen molar-refractivity contribution in [3.63, 3.8) is 0 Å². The number of benzene rings is 1. The average molecular weight is 677 g/mol. The number of nitriles is 1. The lowest BCUT2D eigenvalue weighted by atomic mass is 9.91. The maximum atomic E-state index is 15.6. The number of carbonyl (C=O) groups is 2. The molecule has 2 aliphatic heterocycles. The molecule has 5 rings (SSSR count). The van der Waals surface area contributed by atoms with Crippen LogP contribution in [0.1, 0.15) is 63.7 Å². The van der Waals surface area contributed by atoms with Gasteiger partial charge < -0.3 is 25.1 Å². The number of piperidine rings is 1. The highest BCUT2D eigenvalue weighted by Gasteiger charge is 2.35. The normalized spacial score (nSPS) is 17.8. The van der Waals surface area contributed by atoms with E-state index in [1.807, 2.05) is 13.8 Å². The minimum absolute atomic E-state index is 0.0971. The third-order valence-corrected chi connectivity index (χ3v) is 8.04. The molecular weight excluding hydrogens is 639 g/mol. The summed E-state index contributed by atoms with van der Waals surface area (Å²) in [5.74, 6) is 0.927. The van der Waals surface area contributed by atoms with Gasteiger partial charge in [-0.2, -0.15) is 5.26 Å². The number of amides is 2. The van der Waals surface area contributed by atoms with Crippen molar-refractivity contribution in [3.8, 4) is 22.9 Å². The topological polar surface area (TPSA) is 157 Å². The number of hydrogen-bond donors (Lipinski definition) is 2. The van der Waals surface area contributed by atoms with Crippen LogP contribution in [0.2, 0.25) is 5.02 Å². The van der Waals surface area contributed by atoms with Gasteiger partial charge in [-0.3, -0.25) is 9.69 Å². The number of rotatable bonds is 8. The molecule has 0 aliphatic carbocycles. The van der Waals surface area contributed by atoms with Gasteiger partial charge in [0.15, 0.2) is 6.61 Å². The molecule has 1 saturated heterocycles. The van der Waals surface area contributed by atoms with Gasteiger partial charge >= 0.3 is 6.09 Å². The summed E-state index contributed by atoms with van der Waals surface area (Å²) in [6.45, 7) is 9.28. The Balaban J connectivity index is 1.51. The minimum atomic E-state index is -1.44. The van der Waals surface area contributed by atoms with Crippen LogP contribution in [0, 0.1) is 22.7 Å². The van der Waals surface area contributed by atoms with Gasteiger partial charge in [-0.1, -0.05) is 31.5 Å². The number of nitrogens with zero attached hydrogens (tertiary/aromatic N) is 6. The van der Waals surface area contributed by atoms with Gasteiger partial charge in [0.2, 0.25) is 0 Å². The molecule has 1 fully saturated rings. The van der Waals surface area contributed by atoms with Gasteiger partial charge in [-0.15, -0.1) is 0 Å². The number of carbonyl (C=O) groups excluding carboxylic acids is 2. The molecule has 2 aliphatic rings. The lowest BCUT2D eigenvalue weighted by Gasteiger charge is -2.36. The number of halogens is 2. The fourth-order valence-electron chi connectivity index (χ4n) is 5.68. The second kappa shape index (κ2) is 14.1. The summed E-state index contributed by atoms with van der Waals surface area (Å²) in [7, 11) is 0. The number of pyridine rings is 1. The second-order valence-electron chi connectivity index (χ2n) is 13.2. The first-order valence-corrected chi connectivity index (χ1v) is 16.1. The Kier molecular flexibility index (Phi) is 10.1. The number of aromatic nitrogens is 3. The molecule has 2 atom stereocenters. The molecule has 0 spiro atoms. The van der Waals surface area contributed by atoms with Gasteiger partial charge in [0.05, 0.1) is 41.1 Å². The van der Waals surface area contributed by atoms with E-state index in [1.54, 1.807) is 39.0 Å². The molecule has 48 heavy (non-hydrogen) atoms. The Hall–Kier alpha value is -4.83. The molecule has 12 nitrogen and oxygen atoms in total. The molecule has 0 saturated carbocycles. The van der Waals surface area contributed by atoms with E-state index in [2.05, 4.69) is 21.4 Å². The largest absolute Gasteiger partial charge is 0.482 e. The summed E-state index contributed by atoms with van der Waals surface area (Å²) < 4.78 is 26.9. The quantitative estimate of drug-likeness (QED) is 0.275. The van der Waals surface area contributed by atoms with Crippen LogP contribution in [0.4, 0.5) is 20.7 Å². The Morgan fingerprint density at radius 2 is 2.04 bits per heavy atom. The van der Waals surface area contributed by atoms with Crippen LogP contribution < -0.4 is 15.0 Å². The first-order chi connectivity index (χ1) is 22.8. The van der Waals surface area contributed by atoms with Crippen LogP contribution in [0.15, 0.2) is 30.6 Å². The number of anilines is 2. The SMILES string of the molecule is CC(C)Cc1nc(NC2CCN(C(=O)OC(C)(C)C)C[C@H]2F)c(C=N)c(-c2ccc3c(c2)OCC(=O)N3Cc2ncc(Cl)cn2)c1C#N. The number of fused-ring (bicyclic) bond motifs is 1. The van der Waals surface area contributed by atoms with E-state index in [0.29, 0.717) is 56.7 Å². The summed E-state index contributed by atoms with van der Waals surface area (Å²) >= 11 is 5.93. The first-order valence-electron chi connectivity index (χ1n) is 15.7. The molecule has 14 heteroatoms. The van der Waals surface area contributed by atoms with E-state index in [9.17, 15) is 14.9 Å². The molecule has 1 aromatic carbocycles. The van der Waals surface area contributed by atoms with E-state index in [0.717, 1.165) is 6.21 Å². The van der Waals surface area contributed by atoms with Crippen molar-refractivity contribution in [1.82, 2.24) is 19.9 Å². The van der Waals surface area contributed by atoms with Crippen LogP contribution in [0.5, 0.6) is 5.75 Å². The van der Waals surface area contributed by atoms with Gasteiger partial charge in [-0.25, -0.2) is 24.1 Å². The van der Waals surface area contributed by atoms with Crippen LogP contribution in [-0.2, 0) is 22.5 Å². The Morgan fingerprint density at radius 1 is 1.31 bits per heavy atom. The second-order valence-corrected chi connectivity index (χ2v) is 13.6. The Labute approximate surface area is 283 Å². The van der Waals surface area contributed by atoms with Crippen molar-refractivity contribution >= 4 is 41.3 Å². The predicted octanol–water partition coefficient (Wildman–Crippen LogP) is 5.94. The Morgan fingerprint density at radius 3 is 2.67 bits per heavy atom. The van der Waals surface area contributed by atoms with Gasteiger partial charge in [0.1, 0.15) is 35.2 Å². The van der Waals surface area contributed by atoms with E-state index in [1.165, 1.54) is 22.2 Å². The lowest BCUT2D eigenvalue weighted by molar-refractivity contribution is -0.121. The minimum Gasteiger partial charge on any atom is -0.482 e. The number of likely N-dealkylation sites (tertiary alicyclic amines) is 1. The molecule has 0 bridgehead atoms. The van der Waals surface area contributed by atoms with Crippen molar-refractivity contribution in [1.29, 1.82) is 10.7 Å². The summed E-state index contributed by atoms with van der Waals surface area (Å²) in [5.41, 5.74) is 1.91. The molecule has 2 aromatic heterocycles. The molecule has 252 valence electrons. The van der Waals surface area contributed by atoms with E-state index >= 15 is 4.39 Å². The smallest absolute Gasteiger partial charge is 0.410 e. The fraction of sp³-hybridized carbons (Fsp3) is 0.441. The highest BCUT2D eigenvalue weighted by atomic mass is 35.5. The summed E-state index contributed by atoms with van der Waals surface area (Å²) in [6.07, 6.45) is 2.75. The van der Waals surface area contributed by atoms with Gasteiger partial charge in [-0.05, 0) is 57.2 Å². The maximum absolute atomic E-state index is 15.6. The standard InChI is InChI=1S/C34H38ClFN8O4/c1-19(2)10-26-22(12-37)31(20-6-7-27-28(11-20)47-18-30(45)44(27)17-29-39-14-21(35)15-40-29)23(13-38)32(42-26)41-25-8-9-43(16-24(25)36)33(46)48-34(3,4)5/h6-7,11,13-15,19,24-25,38H,8-10,16-18H2,1-5H3,(H,41,42)/t24-,25?/m1/s1. The third-order valence-electron chi connectivity index (χ3n) is 7.85. The molecule has 3 aromatic rings. The zero-order valence-electron chi connectivity index (χ0n) is 27.5. The molecular formula is C34H38ClFN8O4. The zero-order chi connectivity index (χ0) is 34.7. The van der Waals surface area contributed by atoms with Gasteiger partial charge in [0.25, 0.3) is 5.91 Å². The average Bonchev–Trinajstić information content (AvgIpc) is 3.02. The van der Waals surface area contributed by atoms with Crippen molar-refractivity contribution in [2.24, 2.45) is 5.92 Å². The maximum Gasteiger partial charge on any atom is 0.410 e. The molecule has 1 unspecified atom stereocenters. The van der Waals surface area contributed by atoms with Crippen LogP contribution in [-0.4, -0.2) is 75.6 Å². The number of nitrogens with one attached hydrogen (secondary N) is 2. The Bertz CT molecular complexity index is 1760. The summed E-state index contributed by atoms with van der Waals surface area (Å²) in [5, 5.41) is 22.4.